The van der Waals surface area contributed by atoms with Gasteiger partial charge in [-0.3, -0.25) is 4.79 Å². The SMILES string of the molecule is Cc1c(Br)cc(NCC(=O)NN=Cc2ccco2)cc1Br. The van der Waals surface area contributed by atoms with Crippen LogP contribution in [0.1, 0.15) is 11.3 Å². The first-order chi connectivity index (χ1) is 10.1. The van der Waals surface area contributed by atoms with Gasteiger partial charge in [0.25, 0.3) is 5.91 Å². The van der Waals surface area contributed by atoms with Gasteiger partial charge in [-0.05, 0) is 36.8 Å². The maximum Gasteiger partial charge on any atom is 0.259 e. The Labute approximate surface area is 139 Å². The molecule has 5 nitrogen and oxygen atoms in total. The number of carbonyl (C=O) groups is 1. The van der Waals surface area contributed by atoms with Crippen LogP contribution in [-0.2, 0) is 4.79 Å². The smallest absolute Gasteiger partial charge is 0.259 e. The molecule has 0 radical (unpaired) electrons. The van der Waals surface area contributed by atoms with E-state index in [1.165, 1.54) is 12.5 Å². The number of rotatable bonds is 5. The molecule has 21 heavy (non-hydrogen) atoms. The van der Waals surface area contributed by atoms with Crippen molar-refractivity contribution in [2.24, 2.45) is 5.10 Å². The molecule has 2 N–H and O–H groups in total. The van der Waals surface area contributed by atoms with Gasteiger partial charge in [-0.25, -0.2) is 5.43 Å². The van der Waals surface area contributed by atoms with Gasteiger partial charge >= 0.3 is 0 Å². The topological polar surface area (TPSA) is 66.6 Å². The monoisotopic (exact) mass is 413 g/mol. The van der Waals surface area contributed by atoms with Gasteiger partial charge in [0.05, 0.1) is 19.0 Å². The van der Waals surface area contributed by atoms with E-state index in [1.54, 1.807) is 12.1 Å². The van der Waals surface area contributed by atoms with Gasteiger partial charge in [-0.15, -0.1) is 0 Å². The van der Waals surface area contributed by atoms with Crippen LogP contribution in [0.3, 0.4) is 0 Å². The van der Waals surface area contributed by atoms with Gasteiger partial charge in [0, 0.05) is 14.6 Å². The molecule has 0 saturated carbocycles. The Morgan fingerprint density at radius 2 is 2.10 bits per heavy atom. The predicted molar refractivity (Wildman–Crippen MR) is 89.5 cm³/mol. The molecule has 2 rings (SSSR count). The van der Waals surface area contributed by atoms with Crippen molar-refractivity contribution in [1.82, 2.24) is 5.43 Å². The number of hydrogen-bond donors (Lipinski definition) is 2. The first-order valence-electron chi connectivity index (χ1n) is 6.11. The second kappa shape index (κ2) is 7.42. The van der Waals surface area contributed by atoms with Crippen LogP contribution in [-0.4, -0.2) is 18.7 Å². The van der Waals surface area contributed by atoms with Gasteiger partial charge in [-0.2, -0.15) is 5.10 Å². The molecular formula is C14H13Br2N3O2. The Morgan fingerprint density at radius 3 is 2.71 bits per heavy atom. The maximum absolute atomic E-state index is 11.6. The lowest BCUT2D eigenvalue weighted by atomic mass is 10.2. The molecule has 0 saturated heterocycles. The average Bonchev–Trinajstić information content (AvgIpc) is 2.95. The molecule has 2 aromatic rings. The van der Waals surface area contributed by atoms with Crippen molar-refractivity contribution in [3.8, 4) is 0 Å². The van der Waals surface area contributed by atoms with E-state index in [0.717, 1.165) is 20.2 Å². The molecule has 0 aliphatic carbocycles. The lowest BCUT2D eigenvalue weighted by Crippen LogP contribution is -2.25. The van der Waals surface area contributed by atoms with Crippen LogP contribution in [0.2, 0.25) is 0 Å². The van der Waals surface area contributed by atoms with Crippen molar-refractivity contribution in [3.05, 3.63) is 50.8 Å². The standard InChI is InChI=1S/C14H13Br2N3O2/c1-9-12(15)5-10(6-13(9)16)17-8-14(20)19-18-7-11-3-2-4-21-11/h2-7,17H,8H2,1H3,(H,19,20). The number of nitrogens with zero attached hydrogens (tertiary/aromatic N) is 1. The normalized spacial score (nSPS) is 10.8. The van der Waals surface area contributed by atoms with E-state index >= 15 is 0 Å². The Bertz CT molecular complexity index is 631. The third-order valence-corrected chi connectivity index (χ3v) is 4.31. The number of benzene rings is 1. The van der Waals surface area contributed by atoms with E-state index in [-0.39, 0.29) is 12.5 Å². The molecule has 0 atom stereocenters. The molecule has 0 aliphatic rings. The first-order valence-corrected chi connectivity index (χ1v) is 7.70. The number of nitrogens with one attached hydrogen (secondary N) is 2. The van der Waals surface area contributed by atoms with E-state index in [0.29, 0.717) is 5.76 Å². The fourth-order valence-corrected chi connectivity index (χ4v) is 2.69. The fourth-order valence-electron chi connectivity index (χ4n) is 1.50. The third-order valence-electron chi connectivity index (χ3n) is 2.66. The molecule has 1 aromatic heterocycles. The first kappa shape index (κ1) is 15.8. The van der Waals surface area contributed by atoms with Crippen molar-refractivity contribution >= 4 is 49.7 Å². The number of carbonyl (C=O) groups excluding carboxylic acids is 1. The van der Waals surface area contributed by atoms with Crippen LogP contribution in [0.5, 0.6) is 0 Å². The van der Waals surface area contributed by atoms with Crippen molar-refractivity contribution in [1.29, 1.82) is 0 Å². The fraction of sp³-hybridized carbons (Fsp3) is 0.143. The highest BCUT2D eigenvalue weighted by Crippen LogP contribution is 2.28. The third kappa shape index (κ3) is 4.71. The van der Waals surface area contributed by atoms with Gasteiger partial charge < -0.3 is 9.73 Å². The quantitative estimate of drug-likeness (QED) is 0.579. The Balaban J connectivity index is 1.84. The molecule has 0 bridgehead atoms. The Hall–Kier alpha value is -1.60. The summed E-state index contributed by atoms with van der Waals surface area (Å²) in [4.78, 5) is 11.6. The van der Waals surface area contributed by atoms with Gasteiger partial charge in [0.2, 0.25) is 0 Å². The summed E-state index contributed by atoms with van der Waals surface area (Å²) in [5.74, 6) is 0.334. The van der Waals surface area contributed by atoms with Crippen LogP contribution in [0.4, 0.5) is 5.69 Å². The highest BCUT2D eigenvalue weighted by Gasteiger charge is 2.05. The number of hydrazone groups is 1. The molecule has 1 aromatic carbocycles. The average molecular weight is 415 g/mol. The van der Waals surface area contributed by atoms with Crippen LogP contribution in [0.15, 0.2) is 49.0 Å². The molecule has 0 fully saturated rings. The molecule has 0 unspecified atom stereocenters. The zero-order valence-electron chi connectivity index (χ0n) is 11.2. The zero-order chi connectivity index (χ0) is 15.2. The molecule has 0 aliphatic heterocycles. The molecule has 7 heteroatoms. The number of anilines is 1. The summed E-state index contributed by atoms with van der Waals surface area (Å²) < 4.78 is 6.99. The van der Waals surface area contributed by atoms with Gasteiger partial charge in [0.15, 0.2) is 0 Å². The van der Waals surface area contributed by atoms with Gasteiger partial charge in [0.1, 0.15) is 5.76 Å². The van der Waals surface area contributed by atoms with Crippen molar-refractivity contribution in [3.63, 3.8) is 0 Å². The second-order valence-electron chi connectivity index (χ2n) is 4.23. The van der Waals surface area contributed by atoms with Crippen LogP contribution < -0.4 is 10.7 Å². The summed E-state index contributed by atoms with van der Waals surface area (Å²) in [6.45, 7) is 2.12. The van der Waals surface area contributed by atoms with E-state index in [2.05, 4.69) is 47.7 Å². The number of amides is 1. The summed E-state index contributed by atoms with van der Waals surface area (Å²) in [6.07, 6.45) is 2.98. The van der Waals surface area contributed by atoms with E-state index in [9.17, 15) is 4.79 Å². The van der Waals surface area contributed by atoms with Crippen molar-refractivity contribution < 1.29 is 9.21 Å². The minimum atomic E-state index is -0.245. The largest absolute Gasteiger partial charge is 0.463 e. The highest BCUT2D eigenvalue weighted by atomic mass is 79.9. The lowest BCUT2D eigenvalue weighted by Gasteiger charge is -2.09. The van der Waals surface area contributed by atoms with Gasteiger partial charge in [-0.1, -0.05) is 31.9 Å². The van der Waals surface area contributed by atoms with E-state index < -0.39 is 0 Å². The molecule has 1 heterocycles. The number of hydrogen-bond acceptors (Lipinski definition) is 4. The summed E-state index contributed by atoms with van der Waals surface area (Å²) in [5.41, 5.74) is 4.36. The highest BCUT2D eigenvalue weighted by molar-refractivity contribution is 9.11. The summed E-state index contributed by atoms with van der Waals surface area (Å²) in [6, 6.07) is 7.33. The molecule has 110 valence electrons. The van der Waals surface area contributed by atoms with Crippen molar-refractivity contribution in [2.75, 3.05) is 11.9 Å². The number of halogens is 2. The lowest BCUT2D eigenvalue weighted by molar-refractivity contribution is -0.119. The second-order valence-corrected chi connectivity index (χ2v) is 5.94. The van der Waals surface area contributed by atoms with E-state index in [1.807, 2.05) is 19.1 Å². The zero-order valence-corrected chi connectivity index (χ0v) is 14.4. The van der Waals surface area contributed by atoms with Crippen LogP contribution >= 0.6 is 31.9 Å². The summed E-state index contributed by atoms with van der Waals surface area (Å²) >= 11 is 6.93. The number of furan rings is 1. The molecule has 0 spiro atoms. The minimum absolute atomic E-state index is 0.122. The van der Waals surface area contributed by atoms with E-state index in [4.69, 9.17) is 4.42 Å². The van der Waals surface area contributed by atoms with Crippen molar-refractivity contribution in [2.45, 2.75) is 6.92 Å². The Kier molecular flexibility index (Phi) is 5.58. The molecular weight excluding hydrogens is 402 g/mol. The van der Waals surface area contributed by atoms with Crippen LogP contribution in [0, 0.1) is 6.92 Å². The maximum atomic E-state index is 11.6. The summed E-state index contributed by atoms with van der Waals surface area (Å²) in [5, 5.41) is 6.83. The Morgan fingerprint density at radius 1 is 1.38 bits per heavy atom. The summed E-state index contributed by atoms with van der Waals surface area (Å²) in [7, 11) is 0. The predicted octanol–water partition coefficient (Wildman–Crippen LogP) is 3.68. The minimum Gasteiger partial charge on any atom is -0.463 e. The van der Waals surface area contributed by atoms with Crippen LogP contribution in [0.25, 0.3) is 0 Å². The molecule has 1 amide bonds.